The number of aromatic nitrogens is 2. The second kappa shape index (κ2) is 6.08. The molecule has 0 aliphatic heterocycles. The molecule has 1 N–H and O–H groups in total. The van der Waals surface area contributed by atoms with Crippen LogP contribution >= 0.6 is 11.6 Å². The Labute approximate surface area is 133 Å². The number of nitrogens with one attached hydrogen (secondary N) is 1. The normalized spacial score (nSPS) is 11.9. The molecule has 5 nitrogen and oxygen atoms in total. The Morgan fingerprint density at radius 2 is 2.05 bits per heavy atom. The first-order chi connectivity index (χ1) is 10.5. The minimum absolute atomic E-state index is 0.162. The van der Waals surface area contributed by atoms with Crippen LogP contribution in [0.15, 0.2) is 59.8 Å². The molecule has 0 aliphatic rings. The number of imidazole rings is 1. The van der Waals surface area contributed by atoms with Gasteiger partial charge >= 0.3 is 0 Å². The molecular formula is C15H14ClN3O2S. The highest BCUT2D eigenvalue weighted by Gasteiger charge is 2.13. The number of pyridine rings is 1. The Bertz CT molecular complexity index is 873. The lowest BCUT2D eigenvalue weighted by Gasteiger charge is -2.06. The molecule has 114 valence electrons. The second-order valence-electron chi connectivity index (χ2n) is 4.80. The Morgan fingerprint density at radius 1 is 1.18 bits per heavy atom. The van der Waals surface area contributed by atoms with Gasteiger partial charge in [0, 0.05) is 30.4 Å². The third-order valence-electron chi connectivity index (χ3n) is 3.19. The van der Waals surface area contributed by atoms with Crippen molar-refractivity contribution < 1.29 is 8.42 Å². The molecule has 0 fully saturated rings. The molecule has 1 aromatic carbocycles. The van der Waals surface area contributed by atoms with Gasteiger partial charge in [0.05, 0.1) is 10.6 Å². The highest BCUT2D eigenvalue weighted by atomic mass is 35.5. The van der Waals surface area contributed by atoms with Crippen LogP contribution in [-0.4, -0.2) is 24.3 Å². The van der Waals surface area contributed by atoms with Crippen LogP contribution in [0.3, 0.4) is 0 Å². The topological polar surface area (TPSA) is 63.5 Å². The van der Waals surface area contributed by atoms with Crippen molar-refractivity contribution in [2.24, 2.45) is 0 Å². The van der Waals surface area contributed by atoms with Crippen molar-refractivity contribution in [2.75, 3.05) is 6.54 Å². The van der Waals surface area contributed by atoms with E-state index in [0.717, 1.165) is 11.3 Å². The summed E-state index contributed by atoms with van der Waals surface area (Å²) >= 11 is 5.82. The Balaban J connectivity index is 1.67. The SMILES string of the molecule is O=S(=O)(NCCc1cn2ccccc2n1)c1cccc(Cl)c1. The molecule has 0 unspecified atom stereocenters. The molecule has 0 spiro atoms. The van der Waals surface area contributed by atoms with Gasteiger partial charge < -0.3 is 4.40 Å². The van der Waals surface area contributed by atoms with Crippen LogP contribution < -0.4 is 4.72 Å². The largest absolute Gasteiger partial charge is 0.307 e. The van der Waals surface area contributed by atoms with Gasteiger partial charge in [0.25, 0.3) is 0 Å². The number of hydrogen-bond donors (Lipinski definition) is 1. The van der Waals surface area contributed by atoms with E-state index < -0.39 is 10.0 Å². The molecule has 2 aromatic heterocycles. The Morgan fingerprint density at radius 3 is 2.82 bits per heavy atom. The van der Waals surface area contributed by atoms with Crippen molar-refractivity contribution in [3.05, 3.63) is 65.6 Å². The van der Waals surface area contributed by atoms with Crippen molar-refractivity contribution >= 4 is 27.3 Å². The van der Waals surface area contributed by atoms with E-state index in [2.05, 4.69) is 9.71 Å². The zero-order valence-electron chi connectivity index (χ0n) is 11.6. The summed E-state index contributed by atoms with van der Waals surface area (Å²) in [6.45, 7) is 0.277. The van der Waals surface area contributed by atoms with Gasteiger partial charge in [0.15, 0.2) is 0 Å². The van der Waals surface area contributed by atoms with Crippen LogP contribution in [0.2, 0.25) is 5.02 Å². The van der Waals surface area contributed by atoms with Gasteiger partial charge in [-0.25, -0.2) is 18.1 Å². The zero-order valence-corrected chi connectivity index (χ0v) is 13.2. The van der Waals surface area contributed by atoms with E-state index >= 15 is 0 Å². The van der Waals surface area contributed by atoms with Crippen molar-refractivity contribution in [2.45, 2.75) is 11.3 Å². The van der Waals surface area contributed by atoms with E-state index in [1.165, 1.54) is 12.1 Å². The van der Waals surface area contributed by atoms with E-state index in [4.69, 9.17) is 11.6 Å². The lowest BCUT2D eigenvalue weighted by atomic mass is 10.3. The first-order valence-electron chi connectivity index (χ1n) is 6.72. The van der Waals surface area contributed by atoms with Crippen LogP contribution in [-0.2, 0) is 16.4 Å². The van der Waals surface area contributed by atoms with Gasteiger partial charge in [-0.2, -0.15) is 0 Å². The predicted molar refractivity (Wildman–Crippen MR) is 85.5 cm³/mol. The second-order valence-corrected chi connectivity index (χ2v) is 7.01. The maximum Gasteiger partial charge on any atom is 0.240 e. The Kier molecular flexibility index (Phi) is 4.15. The van der Waals surface area contributed by atoms with Crippen molar-refractivity contribution in [3.63, 3.8) is 0 Å². The molecule has 3 rings (SSSR count). The lowest BCUT2D eigenvalue weighted by molar-refractivity contribution is 0.581. The number of halogens is 1. The predicted octanol–water partition coefficient (Wildman–Crippen LogP) is 2.51. The van der Waals surface area contributed by atoms with Gasteiger partial charge in [-0.1, -0.05) is 23.7 Å². The van der Waals surface area contributed by atoms with E-state index in [0.29, 0.717) is 11.4 Å². The molecule has 0 saturated heterocycles. The molecule has 0 radical (unpaired) electrons. The molecule has 2 heterocycles. The summed E-state index contributed by atoms with van der Waals surface area (Å²) < 4.78 is 28.8. The van der Waals surface area contributed by atoms with Gasteiger partial charge in [-0.3, -0.25) is 0 Å². The van der Waals surface area contributed by atoms with Gasteiger partial charge in [-0.15, -0.1) is 0 Å². The minimum Gasteiger partial charge on any atom is -0.307 e. The molecule has 0 bridgehead atoms. The summed E-state index contributed by atoms with van der Waals surface area (Å²) in [5.74, 6) is 0. The Hall–Kier alpha value is -1.89. The third kappa shape index (κ3) is 3.30. The molecular weight excluding hydrogens is 322 g/mol. The highest BCUT2D eigenvalue weighted by Crippen LogP contribution is 2.15. The van der Waals surface area contributed by atoms with E-state index in [1.54, 1.807) is 12.1 Å². The molecule has 7 heteroatoms. The molecule has 3 aromatic rings. The maximum absolute atomic E-state index is 12.2. The van der Waals surface area contributed by atoms with Gasteiger partial charge in [-0.05, 0) is 30.3 Å². The first-order valence-corrected chi connectivity index (χ1v) is 8.58. The summed E-state index contributed by atoms with van der Waals surface area (Å²) in [4.78, 5) is 4.59. The van der Waals surface area contributed by atoms with Crippen molar-refractivity contribution in [1.82, 2.24) is 14.1 Å². The molecule has 0 atom stereocenters. The van der Waals surface area contributed by atoms with Crippen LogP contribution in [0.4, 0.5) is 0 Å². The number of benzene rings is 1. The minimum atomic E-state index is -3.55. The first kappa shape index (κ1) is 15.0. The smallest absolute Gasteiger partial charge is 0.240 e. The van der Waals surface area contributed by atoms with Crippen LogP contribution in [0.25, 0.3) is 5.65 Å². The average molecular weight is 336 g/mol. The molecule has 0 aliphatic carbocycles. The standard InChI is InChI=1S/C15H14ClN3O2S/c16-12-4-3-5-14(10-12)22(20,21)17-8-7-13-11-19-9-2-1-6-15(19)18-13/h1-6,9-11,17H,7-8H2. The van der Waals surface area contributed by atoms with Crippen LogP contribution in [0.5, 0.6) is 0 Å². The molecule has 0 saturated carbocycles. The summed E-state index contributed by atoms with van der Waals surface area (Å²) in [5, 5.41) is 0.392. The molecule has 0 amide bonds. The van der Waals surface area contributed by atoms with Crippen LogP contribution in [0, 0.1) is 0 Å². The number of hydrogen-bond acceptors (Lipinski definition) is 3. The number of fused-ring (bicyclic) bond motifs is 1. The van der Waals surface area contributed by atoms with Crippen LogP contribution in [0.1, 0.15) is 5.69 Å². The fourth-order valence-corrected chi connectivity index (χ4v) is 3.47. The van der Waals surface area contributed by atoms with Gasteiger partial charge in [0.2, 0.25) is 10.0 Å². The third-order valence-corrected chi connectivity index (χ3v) is 4.89. The quantitative estimate of drug-likeness (QED) is 0.779. The number of sulfonamides is 1. The lowest BCUT2D eigenvalue weighted by Crippen LogP contribution is -2.26. The van der Waals surface area contributed by atoms with Crippen molar-refractivity contribution in [3.8, 4) is 0 Å². The zero-order chi connectivity index (χ0) is 15.6. The summed E-state index contributed by atoms with van der Waals surface area (Å²) in [7, 11) is -3.55. The van der Waals surface area contributed by atoms with E-state index in [1.807, 2.05) is 35.0 Å². The highest BCUT2D eigenvalue weighted by molar-refractivity contribution is 7.89. The fourth-order valence-electron chi connectivity index (χ4n) is 2.14. The number of nitrogens with zero attached hydrogens (tertiary/aromatic N) is 2. The molecule has 22 heavy (non-hydrogen) atoms. The van der Waals surface area contributed by atoms with E-state index in [-0.39, 0.29) is 11.4 Å². The summed E-state index contributed by atoms with van der Waals surface area (Å²) in [6, 6.07) is 11.9. The van der Waals surface area contributed by atoms with Crippen molar-refractivity contribution in [1.29, 1.82) is 0 Å². The maximum atomic E-state index is 12.2. The fraction of sp³-hybridized carbons (Fsp3) is 0.133. The van der Waals surface area contributed by atoms with E-state index in [9.17, 15) is 8.42 Å². The summed E-state index contributed by atoms with van der Waals surface area (Å²) in [6.07, 6.45) is 4.31. The van der Waals surface area contributed by atoms with Gasteiger partial charge in [0.1, 0.15) is 5.65 Å². The average Bonchev–Trinajstić information content (AvgIpc) is 2.89. The monoisotopic (exact) mass is 335 g/mol. The number of rotatable bonds is 5. The summed E-state index contributed by atoms with van der Waals surface area (Å²) in [5.41, 5.74) is 1.68.